The van der Waals surface area contributed by atoms with Crippen LogP contribution in [-0.4, -0.2) is 70.9 Å². The largest absolute Gasteiger partial charge is 0.380 e. The molecule has 0 saturated carbocycles. The fourth-order valence-electron chi connectivity index (χ4n) is 3.62. The molecule has 3 heterocycles. The Bertz CT molecular complexity index is 510. The summed E-state index contributed by atoms with van der Waals surface area (Å²) in [5.74, 6) is 0.187. The van der Waals surface area contributed by atoms with Gasteiger partial charge in [-0.3, -0.25) is 9.48 Å². The van der Waals surface area contributed by atoms with Crippen LogP contribution in [0.1, 0.15) is 25.0 Å². The minimum absolute atomic E-state index is 0.170. The highest BCUT2D eigenvalue weighted by Gasteiger charge is 2.36. The minimum atomic E-state index is 0.170. The van der Waals surface area contributed by atoms with E-state index in [1.165, 1.54) is 12.8 Å². The summed E-state index contributed by atoms with van der Waals surface area (Å²) in [4.78, 5) is 17.2. The van der Waals surface area contributed by atoms with Crippen LogP contribution in [0.4, 0.5) is 0 Å². The molecule has 2 aliphatic rings. The average molecular weight is 306 g/mol. The highest BCUT2D eigenvalue weighted by molar-refractivity contribution is 5.79. The number of nitrogens with zero attached hydrogens (tertiary/aromatic N) is 4. The van der Waals surface area contributed by atoms with Crippen molar-refractivity contribution in [3.05, 3.63) is 18.0 Å². The summed E-state index contributed by atoms with van der Waals surface area (Å²) in [6, 6.07) is 2.20. The number of rotatable bonds is 5. The molecule has 0 N–H and O–H groups in total. The van der Waals surface area contributed by atoms with Crippen LogP contribution >= 0.6 is 0 Å². The number of aromatic nitrogens is 2. The predicted octanol–water partition coefficient (Wildman–Crippen LogP) is 0.674. The number of ether oxygens (including phenoxy) is 1. The number of amides is 1. The lowest BCUT2D eigenvalue weighted by Crippen LogP contribution is -2.43. The van der Waals surface area contributed by atoms with Gasteiger partial charge in [-0.15, -0.1) is 0 Å². The lowest BCUT2D eigenvalue weighted by molar-refractivity contribution is -0.132. The molecule has 0 unspecified atom stereocenters. The molecule has 2 aliphatic heterocycles. The highest BCUT2D eigenvalue weighted by atomic mass is 16.5. The highest BCUT2D eigenvalue weighted by Crippen LogP contribution is 2.23. The maximum atomic E-state index is 12.7. The van der Waals surface area contributed by atoms with Crippen molar-refractivity contribution in [2.24, 2.45) is 7.05 Å². The molecule has 0 radical (unpaired) electrons. The number of hydrogen-bond donors (Lipinski definition) is 0. The zero-order chi connectivity index (χ0) is 15.5. The summed E-state index contributed by atoms with van der Waals surface area (Å²) < 4.78 is 7.29. The van der Waals surface area contributed by atoms with Gasteiger partial charge in [0.2, 0.25) is 5.91 Å². The van der Waals surface area contributed by atoms with E-state index in [9.17, 15) is 4.79 Å². The Kier molecular flexibility index (Phi) is 4.78. The molecule has 2 atom stereocenters. The third-order valence-corrected chi connectivity index (χ3v) is 4.95. The van der Waals surface area contributed by atoms with Gasteiger partial charge in [0.05, 0.1) is 12.5 Å². The molecule has 0 aliphatic carbocycles. The van der Waals surface area contributed by atoms with Crippen molar-refractivity contribution in [3.8, 4) is 0 Å². The van der Waals surface area contributed by atoms with Gasteiger partial charge in [-0.1, -0.05) is 0 Å². The fraction of sp³-hybridized carbons (Fsp3) is 0.750. The molecule has 3 rings (SSSR count). The third kappa shape index (κ3) is 3.33. The Morgan fingerprint density at radius 3 is 2.82 bits per heavy atom. The Labute approximate surface area is 132 Å². The maximum Gasteiger partial charge on any atom is 0.228 e. The van der Waals surface area contributed by atoms with Crippen molar-refractivity contribution >= 4 is 5.91 Å². The second kappa shape index (κ2) is 6.79. The van der Waals surface area contributed by atoms with E-state index in [1.807, 2.05) is 18.0 Å². The van der Waals surface area contributed by atoms with Gasteiger partial charge in [0.25, 0.3) is 0 Å². The first-order chi connectivity index (χ1) is 10.7. The molecule has 122 valence electrons. The van der Waals surface area contributed by atoms with Crippen molar-refractivity contribution in [2.45, 2.75) is 37.8 Å². The summed E-state index contributed by atoms with van der Waals surface area (Å²) in [6.45, 7) is 4.03. The van der Waals surface area contributed by atoms with E-state index in [4.69, 9.17) is 4.74 Å². The van der Waals surface area contributed by atoms with E-state index in [0.29, 0.717) is 13.0 Å². The smallest absolute Gasteiger partial charge is 0.228 e. The van der Waals surface area contributed by atoms with Crippen LogP contribution in [-0.2, 0) is 23.0 Å². The number of carbonyl (C=O) groups is 1. The second-order valence-electron chi connectivity index (χ2n) is 6.42. The minimum Gasteiger partial charge on any atom is -0.380 e. The summed E-state index contributed by atoms with van der Waals surface area (Å²) in [6.07, 6.45) is 5.84. The molecular formula is C16H26N4O2. The molecule has 1 amide bonds. The van der Waals surface area contributed by atoms with Gasteiger partial charge in [-0.25, -0.2) is 0 Å². The molecule has 0 aromatic carbocycles. The molecule has 1 aromatic heterocycles. The Morgan fingerprint density at radius 1 is 1.41 bits per heavy atom. The van der Waals surface area contributed by atoms with Crippen LogP contribution < -0.4 is 0 Å². The van der Waals surface area contributed by atoms with Gasteiger partial charge in [-0.05, 0) is 38.4 Å². The number of carbonyl (C=O) groups excluding carboxylic acids is 1. The van der Waals surface area contributed by atoms with Crippen LogP contribution in [0.3, 0.4) is 0 Å². The second-order valence-corrected chi connectivity index (χ2v) is 6.42. The van der Waals surface area contributed by atoms with Crippen LogP contribution in [0.15, 0.2) is 12.3 Å². The van der Waals surface area contributed by atoms with Crippen molar-refractivity contribution in [1.29, 1.82) is 0 Å². The van der Waals surface area contributed by atoms with Gasteiger partial charge in [0.1, 0.15) is 0 Å². The van der Waals surface area contributed by atoms with Crippen molar-refractivity contribution in [1.82, 2.24) is 19.6 Å². The number of likely N-dealkylation sites (tertiary alicyclic amines) is 2. The first-order valence-electron chi connectivity index (χ1n) is 8.19. The zero-order valence-corrected chi connectivity index (χ0v) is 13.6. The van der Waals surface area contributed by atoms with Crippen LogP contribution in [0.2, 0.25) is 0 Å². The summed E-state index contributed by atoms with van der Waals surface area (Å²) in [5.41, 5.74) is 0.964. The third-order valence-electron chi connectivity index (χ3n) is 4.95. The molecule has 0 spiro atoms. The lowest BCUT2D eigenvalue weighted by atomic mass is 10.1. The Morgan fingerprint density at radius 2 is 2.18 bits per heavy atom. The first-order valence-corrected chi connectivity index (χ1v) is 8.19. The van der Waals surface area contributed by atoms with Gasteiger partial charge in [-0.2, -0.15) is 5.10 Å². The number of methoxy groups -OCH3 is 1. The van der Waals surface area contributed by atoms with Crippen molar-refractivity contribution < 1.29 is 9.53 Å². The van der Waals surface area contributed by atoms with E-state index in [2.05, 4.69) is 10.00 Å². The normalized spacial score (nSPS) is 26.0. The molecule has 0 bridgehead atoms. The molecule has 6 nitrogen and oxygen atoms in total. The van der Waals surface area contributed by atoms with Crippen LogP contribution in [0.5, 0.6) is 0 Å². The Hall–Kier alpha value is -1.40. The number of hydrogen-bond acceptors (Lipinski definition) is 4. The van der Waals surface area contributed by atoms with Gasteiger partial charge >= 0.3 is 0 Å². The molecule has 6 heteroatoms. The fourth-order valence-corrected chi connectivity index (χ4v) is 3.62. The molecule has 22 heavy (non-hydrogen) atoms. The molecule has 1 aromatic rings. The molecular weight excluding hydrogens is 280 g/mol. The standard InChI is InChI=1S/C16H26N4O2/c1-18-13(5-6-17-18)10-16(21)20-12-15(22-2)9-14(20)11-19-7-3-4-8-19/h5-6,14-15H,3-4,7-12H2,1-2H3/t14-,15-/m0/s1. The van der Waals surface area contributed by atoms with Crippen LogP contribution in [0, 0.1) is 0 Å². The monoisotopic (exact) mass is 306 g/mol. The van der Waals surface area contributed by atoms with E-state index in [-0.39, 0.29) is 18.1 Å². The van der Waals surface area contributed by atoms with Crippen LogP contribution in [0.25, 0.3) is 0 Å². The molecule has 2 fully saturated rings. The van der Waals surface area contributed by atoms with Crippen molar-refractivity contribution in [3.63, 3.8) is 0 Å². The number of aryl methyl sites for hydroxylation is 1. The SMILES string of the molecule is CO[C@H]1C[C@@H](CN2CCCC2)N(C(=O)Cc2ccnn2C)C1. The predicted molar refractivity (Wildman–Crippen MR) is 83.5 cm³/mol. The lowest BCUT2D eigenvalue weighted by Gasteiger charge is -2.28. The van der Waals surface area contributed by atoms with Gasteiger partial charge in [0, 0.05) is 45.2 Å². The van der Waals surface area contributed by atoms with E-state index >= 15 is 0 Å². The topological polar surface area (TPSA) is 50.6 Å². The zero-order valence-electron chi connectivity index (χ0n) is 13.6. The van der Waals surface area contributed by atoms with Gasteiger partial charge < -0.3 is 14.5 Å². The van der Waals surface area contributed by atoms with E-state index in [1.54, 1.807) is 18.0 Å². The summed E-state index contributed by atoms with van der Waals surface area (Å²) in [7, 11) is 3.62. The van der Waals surface area contributed by atoms with E-state index < -0.39 is 0 Å². The first kappa shape index (κ1) is 15.5. The summed E-state index contributed by atoms with van der Waals surface area (Å²) in [5, 5.41) is 4.14. The van der Waals surface area contributed by atoms with Crippen molar-refractivity contribution in [2.75, 3.05) is 33.3 Å². The Balaban J connectivity index is 1.65. The molecule has 2 saturated heterocycles. The van der Waals surface area contributed by atoms with Gasteiger partial charge in [0.15, 0.2) is 0 Å². The van der Waals surface area contributed by atoms with E-state index in [0.717, 1.165) is 31.7 Å². The quantitative estimate of drug-likeness (QED) is 0.802. The maximum absolute atomic E-state index is 12.7. The average Bonchev–Trinajstić information content (AvgIpc) is 3.22. The summed E-state index contributed by atoms with van der Waals surface area (Å²) >= 11 is 0.